The number of nitrogens with one attached hydrogen (secondary N) is 4. The first-order chi connectivity index (χ1) is 34.3. The minimum atomic E-state index is -2.10. The summed E-state index contributed by atoms with van der Waals surface area (Å²) in [6, 6.07) is 13.8. The van der Waals surface area contributed by atoms with Gasteiger partial charge in [-0.15, -0.1) is 0 Å². The van der Waals surface area contributed by atoms with Crippen molar-refractivity contribution in [3.8, 4) is 17.2 Å². The van der Waals surface area contributed by atoms with Gasteiger partial charge in [-0.2, -0.15) is 0 Å². The average Bonchev–Trinajstić information content (AvgIpc) is 4.06. The fourth-order valence-electron chi connectivity index (χ4n) is 9.66. The van der Waals surface area contributed by atoms with E-state index in [0.717, 1.165) is 5.56 Å². The fraction of sp³-hybridized carbons (Fsp3) is 0.314. The number of aromatic hydroxyl groups is 2. The molecule has 8 N–H and O–H groups in total. The molecule has 0 spiro atoms. The summed E-state index contributed by atoms with van der Waals surface area (Å²) in [4.78, 5) is 84.2. The number of fused-ring (bicyclic) bond motifs is 3. The fourth-order valence-corrected chi connectivity index (χ4v) is 9.66. The molecule has 3 aliphatic rings. The van der Waals surface area contributed by atoms with E-state index >= 15 is 0 Å². The molecule has 1 fully saturated rings. The molecule has 21 heteroatoms. The van der Waals surface area contributed by atoms with Crippen LogP contribution in [0.3, 0.4) is 0 Å². The summed E-state index contributed by atoms with van der Waals surface area (Å²) in [7, 11) is 6.35. The highest BCUT2D eigenvalue weighted by molar-refractivity contribution is 6.31. The van der Waals surface area contributed by atoms with Crippen molar-refractivity contribution in [2.75, 3.05) is 23.1 Å². The first kappa shape index (κ1) is 49.0. The lowest BCUT2D eigenvalue weighted by Gasteiger charge is -2.43. The summed E-state index contributed by atoms with van der Waals surface area (Å²) in [6.07, 6.45) is 1.27. The molecule has 21 nitrogen and oxygen atoms in total. The highest BCUT2D eigenvalue weighted by atomic mass is 16.7. The zero-order chi connectivity index (χ0) is 51.5. The number of hydrogen-bond donors (Lipinski definition) is 8. The lowest BCUT2D eigenvalue weighted by Crippen LogP contribution is -2.54. The number of aliphatic hydroxyl groups excluding tert-OH is 1. The summed E-state index contributed by atoms with van der Waals surface area (Å²) in [5.41, 5.74) is -0.829. The van der Waals surface area contributed by atoms with E-state index in [1.54, 1.807) is 84.6 Å². The highest BCUT2D eigenvalue weighted by Crippen LogP contribution is 2.52. The number of rotatable bonds is 13. The number of hydrogen-bond acceptors (Lipinski definition) is 15. The Bertz CT molecular complexity index is 3210. The van der Waals surface area contributed by atoms with Crippen LogP contribution in [0.4, 0.5) is 17.1 Å². The Hall–Kier alpha value is -7.95. The SMILES string of the molecule is COc1cccc2c1C(=O)c1c(O)c3c(c(O)c1C2=O)C[C@](O)(C(C)=O)C[C@H]3OC1CC(NCc2ccc(NC(=O)c3cc(NC(=O)c4cc(NC(=O)c5nccn5C)cn4C)cn3C)cc2)C(O)C(C)O1. The predicted octanol–water partition coefficient (Wildman–Crippen LogP) is 4.03. The standard InChI is InChI=1S/C51H52N8O13/c1-24-42(61)32(18-37(71-24)72-36-20-51(69,25(2)60)19-31-39(36)46(65)41-40(44(31)63)43(62)30-8-7-9-35(70-6)38(30)45(41)64)53-21-26-10-12-27(13-11-26)54-48(66)33-16-28(22-58(33)4)55-49(67)34-17-29(23-59(34)5)56-50(68)47-52-14-15-57(47)3/h7-17,22-24,32,36-37,42,53,61,63,65,69H,18-21H2,1-6H3,(H,54,66)(H,55,67)(H,56,68)/t24?,32?,36-,37?,42?,51-/m1/s1. The second-order valence-electron chi connectivity index (χ2n) is 18.3. The number of aryl methyl sites for hydroxylation is 3. The molecule has 6 atom stereocenters. The van der Waals surface area contributed by atoms with Gasteiger partial charge in [-0.1, -0.05) is 24.3 Å². The van der Waals surface area contributed by atoms with Crippen LogP contribution < -0.4 is 26.0 Å². The molecule has 0 saturated carbocycles. The van der Waals surface area contributed by atoms with Crippen molar-refractivity contribution < 1.29 is 63.4 Å². The van der Waals surface area contributed by atoms with Crippen LogP contribution in [0.1, 0.15) is 113 Å². The van der Waals surface area contributed by atoms with Gasteiger partial charge in [0.05, 0.1) is 53.5 Å². The second kappa shape index (κ2) is 19.0. The minimum absolute atomic E-state index is 0.0415. The third-order valence-corrected chi connectivity index (χ3v) is 13.5. The number of aromatic nitrogens is 4. The molecule has 0 radical (unpaired) electrons. The normalized spacial score (nSPS) is 21.3. The molecule has 6 aromatic rings. The van der Waals surface area contributed by atoms with E-state index in [1.165, 1.54) is 50.6 Å². The van der Waals surface area contributed by atoms with Crippen molar-refractivity contribution in [1.82, 2.24) is 24.0 Å². The van der Waals surface area contributed by atoms with Crippen LogP contribution in [0, 0.1) is 0 Å². The summed E-state index contributed by atoms with van der Waals surface area (Å²) in [5, 5.41) is 58.2. The summed E-state index contributed by atoms with van der Waals surface area (Å²) < 4.78 is 22.5. The molecule has 3 aromatic heterocycles. The van der Waals surface area contributed by atoms with Crippen LogP contribution in [-0.2, 0) is 48.4 Å². The molecule has 4 unspecified atom stereocenters. The molecule has 0 bridgehead atoms. The Morgan fingerprint density at radius 2 is 1.46 bits per heavy atom. The van der Waals surface area contributed by atoms with Gasteiger partial charge in [-0.3, -0.25) is 28.8 Å². The predicted molar refractivity (Wildman–Crippen MR) is 257 cm³/mol. The average molecular weight is 985 g/mol. The molecular formula is C51H52N8O13. The number of nitrogens with zero attached hydrogens (tertiary/aromatic N) is 4. The van der Waals surface area contributed by atoms with Crippen LogP contribution in [0.25, 0.3) is 0 Å². The first-order valence-electron chi connectivity index (χ1n) is 22.9. The number of methoxy groups -OCH3 is 1. The van der Waals surface area contributed by atoms with Gasteiger partial charge in [0.2, 0.25) is 5.78 Å². The van der Waals surface area contributed by atoms with Crippen molar-refractivity contribution in [2.24, 2.45) is 21.1 Å². The summed E-state index contributed by atoms with van der Waals surface area (Å²) in [6.45, 7) is 3.07. The third kappa shape index (κ3) is 8.92. The number of phenols is 2. The number of anilines is 3. The van der Waals surface area contributed by atoms with Crippen molar-refractivity contribution in [1.29, 1.82) is 0 Å². The van der Waals surface area contributed by atoms with Gasteiger partial charge in [0.15, 0.2) is 23.7 Å². The number of aliphatic hydroxyl groups is 2. The molecule has 1 aliphatic heterocycles. The van der Waals surface area contributed by atoms with E-state index in [0.29, 0.717) is 17.1 Å². The summed E-state index contributed by atoms with van der Waals surface area (Å²) >= 11 is 0. The van der Waals surface area contributed by atoms with Crippen LogP contribution in [0.2, 0.25) is 0 Å². The van der Waals surface area contributed by atoms with Gasteiger partial charge in [0.1, 0.15) is 34.2 Å². The molecule has 3 aromatic carbocycles. The molecule has 374 valence electrons. The quantitative estimate of drug-likeness (QED) is 0.0758. The van der Waals surface area contributed by atoms with Gasteiger partial charge >= 0.3 is 0 Å². The smallest absolute Gasteiger partial charge is 0.291 e. The largest absolute Gasteiger partial charge is 0.507 e. The zero-order valence-corrected chi connectivity index (χ0v) is 40.0. The van der Waals surface area contributed by atoms with E-state index in [4.69, 9.17) is 14.2 Å². The Morgan fingerprint density at radius 1 is 0.833 bits per heavy atom. The molecule has 1 saturated heterocycles. The Morgan fingerprint density at radius 3 is 2.07 bits per heavy atom. The number of benzene rings is 3. The van der Waals surface area contributed by atoms with Crippen LogP contribution in [0.5, 0.6) is 17.2 Å². The molecule has 72 heavy (non-hydrogen) atoms. The third-order valence-electron chi connectivity index (χ3n) is 13.5. The molecule has 4 heterocycles. The molecule has 9 rings (SSSR count). The van der Waals surface area contributed by atoms with E-state index in [-0.39, 0.29) is 58.2 Å². The number of imidazole rings is 1. The number of carbonyl (C=O) groups is 6. The maximum absolute atomic E-state index is 14.0. The lowest BCUT2D eigenvalue weighted by molar-refractivity contribution is -0.249. The maximum atomic E-state index is 14.0. The number of phenolic OH excluding ortho intramolecular Hbond substituents is 2. The van der Waals surface area contributed by atoms with E-state index < -0.39 is 107 Å². The van der Waals surface area contributed by atoms with Crippen LogP contribution >= 0.6 is 0 Å². The van der Waals surface area contributed by atoms with Crippen LogP contribution in [0.15, 0.2) is 79.4 Å². The minimum Gasteiger partial charge on any atom is -0.507 e. The van der Waals surface area contributed by atoms with E-state index in [9.17, 15) is 49.2 Å². The van der Waals surface area contributed by atoms with Gasteiger partial charge in [0, 0.05) is 100 Å². The number of carbonyl (C=O) groups excluding carboxylic acids is 6. The van der Waals surface area contributed by atoms with Crippen molar-refractivity contribution in [3.63, 3.8) is 0 Å². The number of ketones is 3. The van der Waals surface area contributed by atoms with E-state index in [1.807, 2.05) is 0 Å². The Balaban J connectivity index is 0.845. The molecule has 2 aliphatic carbocycles. The Labute approximate surface area is 411 Å². The monoisotopic (exact) mass is 984 g/mol. The van der Waals surface area contributed by atoms with Crippen molar-refractivity contribution in [2.45, 2.75) is 75.9 Å². The number of amides is 3. The van der Waals surface area contributed by atoms with Gasteiger partial charge in [-0.25, -0.2) is 4.98 Å². The maximum Gasteiger partial charge on any atom is 0.291 e. The van der Waals surface area contributed by atoms with Gasteiger partial charge in [-0.05, 0) is 49.7 Å². The topological polar surface area (TPSA) is 287 Å². The second-order valence-corrected chi connectivity index (χ2v) is 18.3. The highest BCUT2D eigenvalue weighted by Gasteiger charge is 2.49. The lowest BCUT2D eigenvalue weighted by atomic mass is 9.72. The first-order valence-corrected chi connectivity index (χ1v) is 22.9. The van der Waals surface area contributed by atoms with Crippen molar-refractivity contribution >= 4 is 52.1 Å². The number of ether oxygens (including phenoxy) is 3. The van der Waals surface area contributed by atoms with Gasteiger partial charge < -0.3 is 69.6 Å². The Kier molecular flexibility index (Phi) is 12.9. The van der Waals surface area contributed by atoms with E-state index in [2.05, 4.69) is 26.3 Å². The van der Waals surface area contributed by atoms with Gasteiger partial charge in [0.25, 0.3) is 17.7 Å². The number of Topliss-reactive ketones (excluding diaryl/α,β-unsaturated/α-hetero) is 1. The molecule has 3 amide bonds. The summed E-state index contributed by atoms with van der Waals surface area (Å²) in [5.74, 6) is -4.55. The van der Waals surface area contributed by atoms with Crippen LogP contribution in [-0.4, -0.2) is 111 Å². The van der Waals surface area contributed by atoms with Crippen molar-refractivity contribution in [3.05, 3.63) is 136 Å². The molecular weight excluding hydrogens is 933 g/mol. The zero-order valence-electron chi connectivity index (χ0n) is 40.0.